The van der Waals surface area contributed by atoms with Crippen molar-refractivity contribution < 1.29 is 14.3 Å². The number of ether oxygens (including phenoxy) is 1. The van der Waals surface area contributed by atoms with Crippen molar-refractivity contribution in [1.29, 1.82) is 0 Å². The van der Waals surface area contributed by atoms with E-state index < -0.39 is 0 Å². The Hall–Kier alpha value is -1.64. The molecule has 0 N–H and O–H groups in total. The second-order valence-electron chi connectivity index (χ2n) is 8.34. The highest BCUT2D eigenvalue weighted by atomic mass is 16.5. The molecule has 4 atom stereocenters. The molecule has 2 aliphatic rings. The van der Waals surface area contributed by atoms with Gasteiger partial charge < -0.3 is 4.74 Å². The van der Waals surface area contributed by atoms with E-state index in [9.17, 15) is 9.59 Å². The van der Waals surface area contributed by atoms with Gasteiger partial charge >= 0.3 is 5.97 Å². The molecular formula is C21H28O3. The average Bonchev–Trinajstić information content (AvgIpc) is 2.51. The van der Waals surface area contributed by atoms with Crippen molar-refractivity contribution in [1.82, 2.24) is 0 Å². The van der Waals surface area contributed by atoms with Crippen molar-refractivity contribution >= 4 is 11.8 Å². The summed E-state index contributed by atoms with van der Waals surface area (Å²) < 4.78 is 5.18. The van der Waals surface area contributed by atoms with Crippen LogP contribution in [0.3, 0.4) is 0 Å². The van der Waals surface area contributed by atoms with E-state index in [1.807, 2.05) is 19.1 Å². The molecule has 2 bridgehead atoms. The first-order valence-corrected chi connectivity index (χ1v) is 9.11. The van der Waals surface area contributed by atoms with Gasteiger partial charge in [-0.25, -0.2) is 0 Å². The summed E-state index contributed by atoms with van der Waals surface area (Å²) in [7, 11) is 0. The lowest BCUT2D eigenvalue weighted by Gasteiger charge is -2.47. The Balaban J connectivity index is 2.00. The largest absolute Gasteiger partial charge is 0.466 e. The normalized spacial score (nSPS) is 29.1. The number of rotatable bonds is 3. The predicted octanol–water partition coefficient (Wildman–Crippen LogP) is 4.46. The van der Waals surface area contributed by atoms with E-state index >= 15 is 0 Å². The molecule has 0 aliphatic heterocycles. The van der Waals surface area contributed by atoms with Crippen molar-refractivity contribution in [3.8, 4) is 0 Å². The minimum Gasteiger partial charge on any atom is -0.466 e. The molecule has 2 aliphatic carbocycles. The number of hydrogen-bond acceptors (Lipinski definition) is 3. The third-order valence-electron chi connectivity index (χ3n) is 5.94. The minimum absolute atomic E-state index is 0.00243. The van der Waals surface area contributed by atoms with Crippen LogP contribution in [0.15, 0.2) is 24.3 Å². The summed E-state index contributed by atoms with van der Waals surface area (Å²) in [6.45, 7) is 8.99. The highest BCUT2D eigenvalue weighted by molar-refractivity contribution is 5.92. The molecule has 3 nitrogen and oxygen atoms in total. The van der Waals surface area contributed by atoms with Crippen LogP contribution < -0.4 is 0 Å². The van der Waals surface area contributed by atoms with Gasteiger partial charge in [0.2, 0.25) is 0 Å². The Morgan fingerprint density at radius 1 is 1.17 bits per heavy atom. The molecule has 1 saturated carbocycles. The molecule has 0 amide bonds. The first kappa shape index (κ1) is 17.2. The molecular weight excluding hydrogens is 300 g/mol. The van der Waals surface area contributed by atoms with Crippen molar-refractivity contribution in [2.75, 3.05) is 6.61 Å². The maximum Gasteiger partial charge on any atom is 0.306 e. The van der Waals surface area contributed by atoms with Crippen LogP contribution in [-0.4, -0.2) is 18.4 Å². The van der Waals surface area contributed by atoms with Gasteiger partial charge in [-0.1, -0.05) is 45.0 Å². The lowest BCUT2D eigenvalue weighted by atomic mass is 9.56. The third-order valence-corrected chi connectivity index (χ3v) is 5.94. The molecule has 0 radical (unpaired) electrons. The van der Waals surface area contributed by atoms with Gasteiger partial charge in [-0.15, -0.1) is 0 Å². The van der Waals surface area contributed by atoms with Crippen LogP contribution in [0.4, 0.5) is 0 Å². The summed E-state index contributed by atoms with van der Waals surface area (Å²) in [4.78, 5) is 25.2. The Morgan fingerprint density at radius 3 is 2.46 bits per heavy atom. The molecule has 24 heavy (non-hydrogen) atoms. The van der Waals surface area contributed by atoms with E-state index in [-0.39, 0.29) is 29.1 Å². The van der Waals surface area contributed by atoms with Crippen LogP contribution in [0.25, 0.3) is 0 Å². The summed E-state index contributed by atoms with van der Waals surface area (Å²) in [6, 6.07) is 8.21. The number of benzene rings is 1. The fourth-order valence-electron chi connectivity index (χ4n) is 4.56. The number of fused-ring (bicyclic) bond motifs is 4. The fourth-order valence-corrected chi connectivity index (χ4v) is 4.56. The molecule has 0 heterocycles. The Kier molecular flexibility index (Phi) is 4.54. The minimum atomic E-state index is -0.193. The van der Waals surface area contributed by atoms with Gasteiger partial charge in [-0.05, 0) is 42.2 Å². The van der Waals surface area contributed by atoms with E-state index in [0.717, 1.165) is 18.4 Å². The molecule has 1 fully saturated rings. The van der Waals surface area contributed by atoms with Crippen LogP contribution >= 0.6 is 0 Å². The first-order chi connectivity index (χ1) is 11.3. The average molecular weight is 328 g/mol. The van der Waals surface area contributed by atoms with Crippen LogP contribution in [-0.2, 0) is 14.3 Å². The maximum absolute atomic E-state index is 13.0. The topological polar surface area (TPSA) is 43.4 Å². The molecule has 1 aromatic carbocycles. The number of Topliss-reactive ketones (excluding diaryl/α,β-unsaturated/α-hetero) is 1. The highest BCUT2D eigenvalue weighted by Gasteiger charge is 2.49. The summed E-state index contributed by atoms with van der Waals surface area (Å²) >= 11 is 0. The predicted molar refractivity (Wildman–Crippen MR) is 93.9 cm³/mol. The smallest absolute Gasteiger partial charge is 0.306 e. The van der Waals surface area contributed by atoms with Crippen LogP contribution in [0.2, 0.25) is 0 Å². The zero-order valence-electron chi connectivity index (χ0n) is 15.2. The molecule has 0 aromatic heterocycles. The number of esters is 1. The van der Waals surface area contributed by atoms with Crippen molar-refractivity contribution in [3.05, 3.63) is 35.4 Å². The van der Waals surface area contributed by atoms with Crippen LogP contribution in [0.1, 0.15) is 69.9 Å². The Bertz CT molecular complexity index is 641. The van der Waals surface area contributed by atoms with Gasteiger partial charge in [0.05, 0.1) is 13.0 Å². The lowest BCUT2D eigenvalue weighted by Crippen LogP contribution is -2.43. The SMILES string of the molecule is CCOC(=O)CC1c2ccccc2[C@@H]2CC(C(C)(C)C)C[C@H]1C2=O. The van der Waals surface area contributed by atoms with Crippen molar-refractivity contribution in [2.24, 2.45) is 17.3 Å². The molecule has 2 unspecified atom stereocenters. The second-order valence-corrected chi connectivity index (χ2v) is 8.34. The van der Waals surface area contributed by atoms with E-state index in [2.05, 4.69) is 32.9 Å². The zero-order valence-corrected chi connectivity index (χ0v) is 15.2. The highest BCUT2D eigenvalue weighted by Crippen LogP contribution is 2.53. The zero-order chi connectivity index (χ0) is 17.5. The quantitative estimate of drug-likeness (QED) is 0.769. The summed E-state index contributed by atoms with van der Waals surface area (Å²) in [5.41, 5.74) is 2.51. The summed E-state index contributed by atoms with van der Waals surface area (Å²) in [5, 5.41) is 0. The van der Waals surface area contributed by atoms with Gasteiger partial charge in [-0.2, -0.15) is 0 Å². The molecule has 3 rings (SSSR count). The van der Waals surface area contributed by atoms with Gasteiger partial charge in [0.25, 0.3) is 0 Å². The first-order valence-electron chi connectivity index (χ1n) is 9.11. The number of carbonyl (C=O) groups excluding carboxylic acids is 2. The number of hydrogen-bond donors (Lipinski definition) is 0. The van der Waals surface area contributed by atoms with Gasteiger partial charge in [-0.3, -0.25) is 9.59 Å². The van der Waals surface area contributed by atoms with E-state index in [1.54, 1.807) is 0 Å². The Morgan fingerprint density at radius 2 is 1.83 bits per heavy atom. The Labute approximate surface area is 144 Å². The molecule has 1 aromatic rings. The van der Waals surface area contributed by atoms with Crippen LogP contribution in [0, 0.1) is 17.3 Å². The number of carbonyl (C=O) groups is 2. The van der Waals surface area contributed by atoms with Gasteiger partial charge in [0.15, 0.2) is 0 Å². The van der Waals surface area contributed by atoms with E-state index in [1.165, 1.54) is 5.56 Å². The molecule has 0 spiro atoms. The van der Waals surface area contributed by atoms with Crippen LogP contribution in [0.5, 0.6) is 0 Å². The second kappa shape index (κ2) is 6.34. The monoisotopic (exact) mass is 328 g/mol. The molecule has 0 saturated heterocycles. The molecule has 130 valence electrons. The fraction of sp³-hybridized carbons (Fsp3) is 0.619. The van der Waals surface area contributed by atoms with Crippen molar-refractivity contribution in [3.63, 3.8) is 0 Å². The summed E-state index contributed by atoms with van der Waals surface area (Å²) in [6.07, 6.45) is 2.13. The third kappa shape index (κ3) is 3.01. The molecule has 3 heteroatoms. The lowest BCUT2D eigenvalue weighted by molar-refractivity contribution is -0.144. The summed E-state index contributed by atoms with van der Waals surface area (Å²) in [5.74, 6) is 0.567. The standard InChI is InChI=1S/C21H28O3/c1-5-24-19(22)12-16-14-8-6-7-9-15(14)17-10-13(21(2,3)4)11-18(16)20(17)23/h6-9,13,16-18H,5,10-12H2,1-4H3/t13?,16?,17-,18+/m0/s1. The van der Waals surface area contributed by atoms with Gasteiger partial charge in [0, 0.05) is 17.8 Å². The van der Waals surface area contributed by atoms with Gasteiger partial charge in [0.1, 0.15) is 5.78 Å². The van der Waals surface area contributed by atoms with E-state index in [4.69, 9.17) is 4.74 Å². The number of ketones is 1. The van der Waals surface area contributed by atoms with E-state index in [0.29, 0.717) is 24.7 Å². The van der Waals surface area contributed by atoms with Crippen molar-refractivity contribution in [2.45, 2.75) is 58.8 Å². The maximum atomic E-state index is 13.0.